The van der Waals surface area contributed by atoms with Crippen LogP contribution in [-0.4, -0.2) is 49.6 Å². The van der Waals surface area contributed by atoms with Crippen molar-refractivity contribution >= 4 is 11.8 Å². The van der Waals surface area contributed by atoms with E-state index in [0.29, 0.717) is 43.4 Å². The highest BCUT2D eigenvalue weighted by atomic mass is 16.6. The minimum Gasteiger partial charge on any atom is -0.486 e. The molecule has 0 spiro atoms. The quantitative estimate of drug-likeness (QED) is 0.775. The Morgan fingerprint density at radius 2 is 2.00 bits per heavy atom. The van der Waals surface area contributed by atoms with Crippen molar-refractivity contribution in [1.29, 1.82) is 0 Å². The van der Waals surface area contributed by atoms with E-state index in [0.717, 1.165) is 0 Å². The van der Waals surface area contributed by atoms with Gasteiger partial charge in [-0.15, -0.1) is 0 Å². The van der Waals surface area contributed by atoms with E-state index in [9.17, 15) is 9.59 Å². The summed E-state index contributed by atoms with van der Waals surface area (Å²) in [5.41, 5.74) is 0.513. The third kappa shape index (κ3) is 2.33. The number of piperazine rings is 1. The van der Waals surface area contributed by atoms with Crippen molar-refractivity contribution in [2.24, 2.45) is 0 Å². The monoisotopic (exact) mass is 262 g/mol. The highest BCUT2D eigenvalue weighted by Crippen LogP contribution is 2.31. The number of rotatable bonds is 1. The Morgan fingerprint density at radius 3 is 2.79 bits per heavy atom. The van der Waals surface area contributed by atoms with Crippen molar-refractivity contribution in [1.82, 2.24) is 10.2 Å². The van der Waals surface area contributed by atoms with Crippen LogP contribution in [-0.2, 0) is 4.79 Å². The minimum atomic E-state index is -0.160. The van der Waals surface area contributed by atoms with Gasteiger partial charge in [-0.25, -0.2) is 0 Å². The maximum absolute atomic E-state index is 12.3. The number of ether oxygens (including phenoxy) is 2. The number of fused-ring (bicyclic) bond motifs is 1. The van der Waals surface area contributed by atoms with E-state index < -0.39 is 0 Å². The molecule has 1 aromatic rings. The van der Waals surface area contributed by atoms with Crippen LogP contribution in [0.4, 0.5) is 0 Å². The van der Waals surface area contributed by atoms with E-state index in [1.165, 1.54) is 4.90 Å². The number of benzene rings is 1. The molecule has 19 heavy (non-hydrogen) atoms. The van der Waals surface area contributed by atoms with E-state index in [4.69, 9.17) is 9.47 Å². The third-order valence-electron chi connectivity index (χ3n) is 3.11. The first-order valence-electron chi connectivity index (χ1n) is 6.20. The number of carbonyl (C=O) groups is 2. The molecule has 3 rings (SSSR count). The molecule has 2 heterocycles. The standard InChI is InChI=1S/C13H14N2O4/c16-12-8-15(4-3-14-12)13(17)9-1-2-10-11(7-9)19-6-5-18-10/h1-2,7H,3-6,8H2,(H,14,16). The van der Waals surface area contributed by atoms with Crippen LogP contribution in [0.5, 0.6) is 11.5 Å². The van der Waals surface area contributed by atoms with Gasteiger partial charge in [0.1, 0.15) is 13.2 Å². The molecule has 2 aliphatic heterocycles. The lowest BCUT2D eigenvalue weighted by atomic mass is 10.1. The summed E-state index contributed by atoms with van der Waals surface area (Å²) in [5, 5.41) is 2.69. The van der Waals surface area contributed by atoms with Crippen molar-refractivity contribution < 1.29 is 19.1 Å². The molecular weight excluding hydrogens is 248 g/mol. The first kappa shape index (κ1) is 11.8. The van der Waals surface area contributed by atoms with Crippen LogP contribution in [0.15, 0.2) is 18.2 Å². The molecule has 0 saturated carbocycles. The Kier molecular flexibility index (Phi) is 2.98. The molecule has 1 aromatic carbocycles. The summed E-state index contributed by atoms with van der Waals surface area (Å²) in [4.78, 5) is 25.1. The first-order chi connectivity index (χ1) is 9.24. The maximum Gasteiger partial charge on any atom is 0.254 e. The maximum atomic E-state index is 12.3. The molecule has 2 aliphatic rings. The zero-order valence-corrected chi connectivity index (χ0v) is 10.3. The molecule has 6 heteroatoms. The number of hydrogen-bond donors (Lipinski definition) is 1. The third-order valence-corrected chi connectivity index (χ3v) is 3.11. The zero-order valence-electron chi connectivity index (χ0n) is 10.3. The molecule has 1 N–H and O–H groups in total. The Bertz CT molecular complexity index is 529. The second kappa shape index (κ2) is 4.79. The largest absolute Gasteiger partial charge is 0.486 e. The zero-order chi connectivity index (χ0) is 13.2. The van der Waals surface area contributed by atoms with Crippen molar-refractivity contribution in [3.63, 3.8) is 0 Å². The van der Waals surface area contributed by atoms with Gasteiger partial charge in [-0.1, -0.05) is 0 Å². The lowest BCUT2D eigenvalue weighted by molar-refractivity contribution is -0.123. The predicted octanol–water partition coefficient (Wildman–Crippen LogP) is 0.0298. The summed E-state index contributed by atoms with van der Waals surface area (Å²) in [5.74, 6) is 0.946. The first-order valence-corrected chi connectivity index (χ1v) is 6.20. The Morgan fingerprint density at radius 1 is 1.21 bits per heavy atom. The van der Waals surface area contributed by atoms with Gasteiger partial charge in [0, 0.05) is 18.7 Å². The average molecular weight is 262 g/mol. The van der Waals surface area contributed by atoms with Crippen molar-refractivity contribution in [2.75, 3.05) is 32.8 Å². The fourth-order valence-electron chi connectivity index (χ4n) is 2.17. The lowest BCUT2D eigenvalue weighted by Crippen LogP contribution is -2.49. The van der Waals surface area contributed by atoms with Gasteiger partial charge in [0.2, 0.25) is 5.91 Å². The number of nitrogens with one attached hydrogen (secondary N) is 1. The van der Waals surface area contributed by atoms with Crippen LogP contribution >= 0.6 is 0 Å². The van der Waals surface area contributed by atoms with Gasteiger partial charge in [-0.2, -0.15) is 0 Å². The van der Waals surface area contributed by atoms with Crippen LogP contribution in [0.1, 0.15) is 10.4 Å². The van der Waals surface area contributed by atoms with Crippen LogP contribution in [0.2, 0.25) is 0 Å². The normalized spacial score (nSPS) is 17.9. The molecule has 1 fully saturated rings. The fraction of sp³-hybridized carbons (Fsp3) is 0.385. The molecule has 2 amide bonds. The highest BCUT2D eigenvalue weighted by molar-refractivity contribution is 5.97. The van der Waals surface area contributed by atoms with Gasteiger partial charge in [-0.05, 0) is 18.2 Å². The SMILES string of the molecule is O=C1CN(C(=O)c2ccc3c(c2)OCCO3)CCN1. The van der Waals surface area contributed by atoms with Crippen LogP contribution in [0.3, 0.4) is 0 Å². The molecule has 0 unspecified atom stereocenters. The number of carbonyl (C=O) groups excluding carboxylic acids is 2. The molecule has 0 bridgehead atoms. The Labute approximate surface area is 110 Å². The molecule has 100 valence electrons. The van der Waals surface area contributed by atoms with E-state index in [-0.39, 0.29) is 18.4 Å². The van der Waals surface area contributed by atoms with Crippen LogP contribution in [0.25, 0.3) is 0 Å². The number of hydrogen-bond acceptors (Lipinski definition) is 4. The lowest BCUT2D eigenvalue weighted by Gasteiger charge is -2.27. The van der Waals surface area contributed by atoms with Crippen molar-refractivity contribution in [3.05, 3.63) is 23.8 Å². The van der Waals surface area contributed by atoms with Gasteiger partial charge in [-0.3, -0.25) is 9.59 Å². The minimum absolute atomic E-state index is 0.104. The van der Waals surface area contributed by atoms with Gasteiger partial charge in [0.15, 0.2) is 11.5 Å². The van der Waals surface area contributed by atoms with Gasteiger partial charge in [0.25, 0.3) is 5.91 Å². The summed E-state index contributed by atoms with van der Waals surface area (Å²) in [6.07, 6.45) is 0. The summed E-state index contributed by atoms with van der Waals surface area (Å²) < 4.78 is 10.9. The van der Waals surface area contributed by atoms with E-state index in [2.05, 4.69) is 5.32 Å². The molecule has 1 saturated heterocycles. The summed E-state index contributed by atoms with van der Waals surface area (Å²) in [7, 11) is 0. The van der Waals surface area contributed by atoms with Gasteiger partial charge >= 0.3 is 0 Å². The van der Waals surface area contributed by atoms with Crippen molar-refractivity contribution in [2.45, 2.75) is 0 Å². The van der Waals surface area contributed by atoms with Crippen LogP contribution in [0, 0.1) is 0 Å². The Hall–Kier alpha value is -2.24. The molecule has 0 aliphatic carbocycles. The second-order valence-electron chi connectivity index (χ2n) is 4.44. The summed E-state index contributed by atoms with van der Waals surface area (Å²) in [6, 6.07) is 5.09. The number of nitrogens with zero attached hydrogens (tertiary/aromatic N) is 1. The van der Waals surface area contributed by atoms with E-state index in [1.54, 1.807) is 18.2 Å². The van der Waals surface area contributed by atoms with Gasteiger partial charge in [0.05, 0.1) is 6.54 Å². The van der Waals surface area contributed by atoms with E-state index >= 15 is 0 Å². The van der Waals surface area contributed by atoms with E-state index in [1.807, 2.05) is 0 Å². The molecule has 0 atom stereocenters. The Balaban J connectivity index is 1.81. The average Bonchev–Trinajstić information content (AvgIpc) is 2.46. The smallest absolute Gasteiger partial charge is 0.254 e. The number of amides is 2. The van der Waals surface area contributed by atoms with Gasteiger partial charge < -0.3 is 19.7 Å². The van der Waals surface area contributed by atoms with Crippen molar-refractivity contribution in [3.8, 4) is 11.5 Å². The summed E-state index contributed by atoms with van der Waals surface area (Å²) in [6.45, 7) is 2.13. The predicted molar refractivity (Wildman–Crippen MR) is 66.3 cm³/mol. The second-order valence-corrected chi connectivity index (χ2v) is 4.44. The molecule has 0 aromatic heterocycles. The highest BCUT2D eigenvalue weighted by Gasteiger charge is 2.23. The molecule has 0 radical (unpaired) electrons. The van der Waals surface area contributed by atoms with Crippen LogP contribution < -0.4 is 14.8 Å². The fourth-order valence-corrected chi connectivity index (χ4v) is 2.17. The molecule has 6 nitrogen and oxygen atoms in total. The topological polar surface area (TPSA) is 67.9 Å². The summed E-state index contributed by atoms with van der Waals surface area (Å²) >= 11 is 0. The molecular formula is C13H14N2O4.